The van der Waals surface area contributed by atoms with Crippen LogP contribution in [0.1, 0.15) is 49.9 Å². The van der Waals surface area contributed by atoms with Crippen LogP contribution in [-0.4, -0.2) is 24.5 Å². The molecule has 0 bridgehead atoms. The van der Waals surface area contributed by atoms with Crippen LogP contribution in [0.15, 0.2) is 48.5 Å². The van der Waals surface area contributed by atoms with Crippen LogP contribution in [0.25, 0.3) is 0 Å². The fourth-order valence-corrected chi connectivity index (χ4v) is 2.61. The van der Waals surface area contributed by atoms with Gasteiger partial charge in [0.05, 0.1) is 6.61 Å². The van der Waals surface area contributed by atoms with Crippen LogP contribution < -0.4 is 20.3 Å². The average Bonchev–Trinajstić information content (AvgIpc) is 2.73. The molecule has 2 rings (SSSR count). The molecule has 1 atom stereocenters. The van der Waals surface area contributed by atoms with E-state index in [1.54, 1.807) is 55.5 Å². The van der Waals surface area contributed by atoms with Gasteiger partial charge in [0.15, 0.2) is 6.10 Å². The fraction of sp³-hybridized carbons (Fsp3) is 0.364. The zero-order valence-corrected chi connectivity index (χ0v) is 17.5. The van der Waals surface area contributed by atoms with E-state index in [2.05, 4.69) is 17.8 Å². The number of carbonyl (C=O) groups is 2. The molecular weight excluding hydrogens is 392 g/mol. The summed E-state index contributed by atoms with van der Waals surface area (Å²) in [6.45, 7) is 4.41. The molecule has 2 amide bonds. The minimum absolute atomic E-state index is 0.412. The van der Waals surface area contributed by atoms with Crippen molar-refractivity contribution in [3.63, 3.8) is 0 Å². The summed E-state index contributed by atoms with van der Waals surface area (Å²) in [4.78, 5) is 24.3. The summed E-state index contributed by atoms with van der Waals surface area (Å²) in [5.74, 6) is 0.326. The zero-order valence-electron chi connectivity index (χ0n) is 16.7. The third kappa shape index (κ3) is 8.03. The van der Waals surface area contributed by atoms with Gasteiger partial charge < -0.3 is 9.47 Å². The molecular formula is C22H27ClN2O4. The molecule has 1 unspecified atom stereocenters. The van der Waals surface area contributed by atoms with Gasteiger partial charge in [0.1, 0.15) is 11.5 Å². The normalized spacial score (nSPS) is 11.4. The van der Waals surface area contributed by atoms with Crippen molar-refractivity contribution < 1.29 is 19.1 Å². The molecule has 29 heavy (non-hydrogen) atoms. The number of unbranched alkanes of at least 4 members (excludes halogenated alkanes) is 3. The van der Waals surface area contributed by atoms with E-state index in [0.29, 0.717) is 28.7 Å². The van der Waals surface area contributed by atoms with Crippen molar-refractivity contribution in [3.8, 4) is 11.5 Å². The number of ether oxygens (including phenoxy) is 2. The van der Waals surface area contributed by atoms with Crippen LogP contribution in [0.3, 0.4) is 0 Å². The number of rotatable bonds is 10. The Morgan fingerprint density at radius 1 is 0.931 bits per heavy atom. The van der Waals surface area contributed by atoms with E-state index in [1.165, 1.54) is 12.8 Å². The Morgan fingerprint density at radius 2 is 1.59 bits per heavy atom. The smallest absolute Gasteiger partial charge is 0.279 e. The van der Waals surface area contributed by atoms with Crippen LogP contribution in [0.5, 0.6) is 11.5 Å². The number of hydrogen-bond acceptors (Lipinski definition) is 4. The molecule has 0 aliphatic rings. The van der Waals surface area contributed by atoms with Gasteiger partial charge in [-0.2, -0.15) is 0 Å². The Kier molecular flexibility index (Phi) is 9.31. The zero-order chi connectivity index (χ0) is 21.1. The summed E-state index contributed by atoms with van der Waals surface area (Å²) in [5, 5.41) is 0.578. The topological polar surface area (TPSA) is 76.7 Å². The predicted molar refractivity (Wildman–Crippen MR) is 113 cm³/mol. The van der Waals surface area contributed by atoms with Gasteiger partial charge in [0.2, 0.25) is 0 Å². The summed E-state index contributed by atoms with van der Waals surface area (Å²) in [6.07, 6.45) is 3.76. The van der Waals surface area contributed by atoms with Crippen LogP contribution in [0.2, 0.25) is 5.02 Å². The Morgan fingerprint density at radius 3 is 2.24 bits per heavy atom. The van der Waals surface area contributed by atoms with Crippen LogP contribution >= 0.6 is 11.6 Å². The van der Waals surface area contributed by atoms with Crippen molar-refractivity contribution in [2.24, 2.45) is 0 Å². The van der Waals surface area contributed by atoms with Crippen LogP contribution in [0.4, 0.5) is 0 Å². The third-order valence-electron chi connectivity index (χ3n) is 4.18. The molecule has 0 radical (unpaired) electrons. The highest BCUT2D eigenvalue weighted by Gasteiger charge is 2.16. The molecule has 0 aromatic heterocycles. The number of hydrogen-bond donors (Lipinski definition) is 2. The first-order valence-electron chi connectivity index (χ1n) is 9.75. The maximum Gasteiger partial charge on any atom is 0.279 e. The standard InChI is InChI=1S/C22H27ClN2O4/c1-3-4-5-6-15-28-19-11-7-17(8-12-19)22(27)25-24-21(26)16(2)29-20-13-9-18(23)10-14-20/h7-14,16H,3-6,15H2,1-2H3,(H,24,26)(H,25,27). The van der Waals surface area contributed by atoms with Crippen molar-refractivity contribution in [2.75, 3.05) is 6.61 Å². The van der Waals surface area contributed by atoms with E-state index in [1.807, 2.05) is 0 Å². The summed E-state index contributed by atoms with van der Waals surface area (Å²) in [6, 6.07) is 13.4. The highest BCUT2D eigenvalue weighted by atomic mass is 35.5. The minimum atomic E-state index is -0.792. The first-order chi connectivity index (χ1) is 14.0. The van der Waals surface area contributed by atoms with Gasteiger partial charge in [-0.3, -0.25) is 20.4 Å². The highest BCUT2D eigenvalue weighted by Crippen LogP contribution is 2.17. The Balaban J connectivity index is 1.74. The molecule has 2 aromatic carbocycles. The molecule has 0 aliphatic heterocycles. The molecule has 0 saturated carbocycles. The first kappa shape index (κ1) is 22.6. The third-order valence-corrected chi connectivity index (χ3v) is 4.43. The van der Waals surface area contributed by atoms with Gasteiger partial charge in [-0.1, -0.05) is 37.8 Å². The van der Waals surface area contributed by atoms with E-state index in [0.717, 1.165) is 12.8 Å². The molecule has 0 aliphatic carbocycles. The molecule has 2 N–H and O–H groups in total. The predicted octanol–water partition coefficient (Wildman–Crippen LogP) is 4.53. The minimum Gasteiger partial charge on any atom is -0.494 e. The number of amides is 2. The Labute approximate surface area is 176 Å². The maximum absolute atomic E-state index is 12.2. The van der Waals surface area contributed by atoms with Crippen LogP contribution in [0, 0.1) is 0 Å². The summed E-state index contributed by atoms with van der Waals surface area (Å²) in [7, 11) is 0. The van der Waals surface area contributed by atoms with E-state index in [4.69, 9.17) is 21.1 Å². The van der Waals surface area contributed by atoms with Gasteiger partial charge in [-0.15, -0.1) is 0 Å². The van der Waals surface area contributed by atoms with Gasteiger partial charge >= 0.3 is 0 Å². The maximum atomic E-state index is 12.2. The lowest BCUT2D eigenvalue weighted by Crippen LogP contribution is -2.47. The molecule has 2 aromatic rings. The quantitative estimate of drug-likeness (QED) is 0.439. The van der Waals surface area contributed by atoms with Gasteiger partial charge in [-0.25, -0.2) is 0 Å². The van der Waals surface area contributed by atoms with Crippen molar-refractivity contribution in [1.29, 1.82) is 0 Å². The number of benzene rings is 2. The fourth-order valence-electron chi connectivity index (χ4n) is 2.48. The van der Waals surface area contributed by atoms with Crippen molar-refractivity contribution in [3.05, 3.63) is 59.1 Å². The lowest BCUT2D eigenvalue weighted by Gasteiger charge is -2.15. The molecule has 156 valence electrons. The van der Waals surface area contributed by atoms with Crippen molar-refractivity contribution in [1.82, 2.24) is 10.9 Å². The second kappa shape index (κ2) is 12.0. The second-order valence-corrected chi connectivity index (χ2v) is 7.03. The molecule has 6 nitrogen and oxygen atoms in total. The number of nitrogens with one attached hydrogen (secondary N) is 2. The number of carbonyl (C=O) groups excluding carboxylic acids is 2. The summed E-state index contributed by atoms with van der Waals surface area (Å²) < 4.78 is 11.2. The van der Waals surface area contributed by atoms with E-state index < -0.39 is 17.9 Å². The molecule has 0 spiro atoms. The molecule has 0 fully saturated rings. The second-order valence-electron chi connectivity index (χ2n) is 6.59. The Bertz CT molecular complexity index is 778. The van der Waals surface area contributed by atoms with Gasteiger partial charge in [-0.05, 0) is 61.9 Å². The van der Waals surface area contributed by atoms with Gasteiger partial charge in [0.25, 0.3) is 11.8 Å². The van der Waals surface area contributed by atoms with Gasteiger partial charge in [0, 0.05) is 10.6 Å². The van der Waals surface area contributed by atoms with Crippen molar-refractivity contribution in [2.45, 2.75) is 45.6 Å². The van der Waals surface area contributed by atoms with Crippen LogP contribution in [-0.2, 0) is 4.79 Å². The number of halogens is 1. The first-order valence-corrected chi connectivity index (χ1v) is 10.1. The molecule has 0 heterocycles. The SMILES string of the molecule is CCCCCCOc1ccc(C(=O)NNC(=O)C(C)Oc2ccc(Cl)cc2)cc1. The summed E-state index contributed by atoms with van der Waals surface area (Å²) in [5.41, 5.74) is 5.15. The largest absolute Gasteiger partial charge is 0.494 e. The average molecular weight is 419 g/mol. The van der Waals surface area contributed by atoms with E-state index in [9.17, 15) is 9.59 Å². The molecule has 0 saturated heterocycles. The van der Waals surface area contributed by atoms with E-state index in [-0.39, 0.29) is 0 Å². The summed E-state index contributed by atoms with van der Waals surface area (Å²) >= 11 is 5.82. The van der Waals surface area contributed by atoms with E-state index >= 15 is 0 Å². The van der Waals surface area contributed by atoms with Crippen molar-refractivity contribution >= 4 is 23.4 Å². The monoisotopic (exact) mass is 418 g/mol. The number of hydrazine groups is 1. The lowest BCUT2D eigenvalue weighted by molar-refractivity contribution is -0.128. The highest BCUT2D eigenvalue weighted by molar-refractivity contribution is 6.30. The molecule has 7 heteroatoms. The Hall–Kier alpha value is -2.73. The lowest BCUT2D eigenvalue weighted by atomic mass is 10.2.